The molecule has 20 heavy (non-hydrogen) atoms. The minimum Gasteiger partial charge on any atom is -0.207 e. The number of hydrogen-bond acceptors (Lipinski definition) is 2. The zero-order valence-electron chi connectivity index (χ0n) is 12.0. The zero-order valence-corrected chi connectivity index (χ0v) is 13.6. The summed E-state index contributed by atoms with van der Waals surface area (Å²) in [4.78, 5) is 0.354. The summed E-state index contributed by atoms with van der Waals surface area (Å²) in [7, 11) is -1.69. The van der Waals surface area contributed by atoms with Gasteiger partial charge in [-0.2, -0.15) is 4.31 Å². The van der Waals surface area contributed by atoms with E-state index in [1.165, 1.54) is 0 Å². The lowest BCUT2D eigenvalue weighted by molar-refractivity contribution is 0.246. The normalized spacial score (nSPS) is 24.0. The molecular weight excluding hydrogens is 294 g/mol. The van der Waals surface area contributed by atoms with Gasteiger partial charge in [0.15, 0.2) is 0 Å². The number of rotatable bonds is 4. The molecule has 112 valence electrons. The average molecular weight is 316 g/mol. The van der Waals surface area contributed by atoms with Crippen molar-refractivity contribution >= 4 is 21.6 Å². The van der Waals surface area contributed by atoms with Crippen LogP contribution in [-0.4, -0.2) is 25.8 Å². The molecule has 0 unspecified atom stereocenters. The summed E-state index contributed by atoms with van der Waals surface area (Å²) >= 11 is 5.73. The first-order chi connectivity index (χ1) is 9.45. The molecule has 3 nitrogen and oxygen atoms in total. The molecule has 0 bridgehead atoms. The van der Waals surface area contributed by atoms with Gasteiger partial charge in [0.2, 0.25) is 10.0 Å². The van der Waals surface area contributed by atoms with Crippen LogP contribution >= 0.6 is 11.6 Å². The van der Waals surface area contributed by atoms with Gasteiger partial charge in [0.05, 0.1) is 4.90 Å². The van der Waals surface area contributed by atoms with Crippen molar-refractivity contribution in [2.24, 2.45) is 5.92 Å². The minimum absolute atomic E-state index is 0.129. The van der Waals surface area contributed by atoms with Gasteiger partial charge in [0.25, 0.3) is 0 Å². The van der Waals surface area contributed by atoms with Gasteiger partial charge in [0, 0.05) is 19.0 Å². The molecule has 1 saturated carbocycles. The predicted molar refractivity (Wildman–Crippen MR) is 82.4 cm³/mol. The Morgan fingerprint density at radius 2 is 1.70 bits per heavy atom. The highest BCUT2D eigenvalue weighted by molar-refractivity contribution is 7.89. The molecule has 0 spiro atoms. The van der Waals surface area contributed by atoms with Gasteiger partial charge in [-0.25, -0.2) is 8.42 Å². The molecule has 0 heterocycles. The molecular formula is C15H22ClNO2S. The third-order valence-electron chi connectivity index (χ3n) is 4.25. The highest BCUT2D eigenvalue weighted by Gasteiger charge is 2.30. The Bertz CT molecular complexity index is 533. The van der Waals surface area contributed by atoms with Gasteiger partial charge in [0.1, 0.15) is 0 Å². The molecule has 2 rings (SSSR count). The Labute approximate surface area is 127 Å². The predicted octanol–water partition coefficient (Wildman–Crippen LogP) is 3.62. The second-order valence-corrected chi connectivity index (χ2v) is 7.98. The Kier molecular flexibility index (Phi) is 5.10. The molecule has 0 aromatic heterocycles. The lowest BCUT2D eigenvalue weighted by atomic mass is 9.87. The Hall–Kier alpha value is -0.580. The molecule has 0 saturated heterocycles. The van der Waals surface area contributed by atoms with E-state index in [4.69, 9.17) is 11.6 Å². The average Bonchev–Trinajstić information content (AvgIpc) is 2.47. The number of nitrogens with zero attached hydrogens (tertiary/aromatic N) is 1. The Morgan fingerprint density at radius 1 is 1.15 bits per heavy atom. The van der Waals surface area contributed by atoms with Crippen molar-refractivity contribution in [3.8, 4) is 0 Å². The van der Waals surface area contributed by atoms with Crippen LogP contribution in [0.5, 0.6) is 0 Å². The molecule has 0 radical (unpaired) electrons. The van der Waals surface area contributed by atoms with Crippen LogP contribution in [0.15, 0.2) is 29.2 Å². The van der Waals surface area contributed by atoms with Crippen LogP contribution in [0.25, 0.3) is 0 Å². The molecule has 1 aromatic carbocycles. The number of alkyl halides is 1. The van der Waals surface area contributed by atoms with Crippen LogP contribution < -0.4 is 0 Å². The quantitative estimate of drug-likeness (QED) is 0.796. The van der Waals surface area contributed by atoms with Crippen molar-refractivity contribution in [3.63, 3.8) is 0 Å². The monoisotopic (exact) mass is 315 g/mol. The van der Waals surface area contributed by atoms with Crippen LogP contribution in [0, 0.1) is 5.92 Å². The van der Waals surface area contributed by atoms with E-state index in [1.54, 1.807) is 35.6 Å². The van der Waals surface area contributed by atoms with E-state index < -0.39 is 10.0 Å². The molecule has 0 N–H and O–H groups in total. The topological polar surface area (TPSA) is 37.4 Å². The third-order valence-corrected chi connectivity index (χ3v) is 6.49. The van der Waals surface area contributed by atoms with E-state index in [2.05, 4.69) is 6.92 Å². The molecule has 1 fully saturated rings. The van der Waals surface area contributed by atoms with Crippen molar-refractivity contribution < 1.29 is 8.42 Å². The number of benzene rings is 1. The maximum absolute atomic E-state index is 12.6. The number of hydrogen-bond donors (Lipinski definition) is 0. The standard InChI is InChI=1S/C15H22ClNO2S/c1-12-3-7-14(8-4-12)17(2)20(18,19)15-9-5-13(11-16)6-10-15/h5-6,9-10,12,14H,3-4,7-8,11H2,1-2H3. The fraction of sp³-hybridized carbons (Fsp3) is 0.600. The van der Waals surface area contributed by atoms with Crippen LogP contribution in [0.4, 0.5) is 0 Å². The van der Waals surface area contributed by atoms with Crippen molar-refractivity contribution in [3.05, 3.63) is 29.8 Å². The molecule has 1 aromatic rings. The number of sulfonamides is 1. The zero-order chi connectivity index (χ0) is 14.8. The number of halogens is 1. The first-order valence-corrected chi connectivity index (χ1v) is 9.05. The molecule has 0 amide bonds. The fourth-order valence-electron chi connectivity index (χ4n) is 2.72. The maximum atomic E-state index is 12.6. The van der Waals surface area contributed by atoms with Crippen molar-refractivity contribution in [1.82, 2.24) is 4.31 Å². The summed E-state index contributed by atoms with van der Waals surface area (Å²) in [5, 5.41) is 0. The minimum atomic E-state index is -3.39. The highest BCUT2D eigenvalue weighted by Crippen LogP contribution is 2.29. The smallest absolute Gasteiger partial charge is 0.207 e. The molecule has 0 atom stereocenters. The molecule has 0 aliphatic heterocycles. The van der Waals surface area contributed by atoms with Crippen molar-refractivity contribution in [1.29, 1.82) is 0 Å². The van der Waals surface area contributed by atoms with Crippen LogP contribution in [0.3, 0.4) is 0 Å². The van der Waals surface area contributed by atoms with E-state index in [-0.39, 0.29) is 6.04 Å². The van der Waals surface area contributed by atoms with Crippen LogP contribution in [0.2, 0.25) is 0 Å². The highest BCUT2D eigenvalue weighted by atomic mass is 35.5. The summed E-state index contributed by atoms with van der Waals surface area (Å²) in [6, 6.07) is 6.97. The summed E-state index contributed by atoms with van der Waals surface area (Å²) in [6.07, 6.45) is 4.12. The van der Waals surface area contributed by atoms with E-state index in [0.717, 1.165) is 31.2 Å². The van der Waals surface area contributed by atoms with Gasteiger partial charge in [-0.3, -0.25) is 0 Å². The molecule has 1 aliphatic carbocycles. The second-order valence-electron chi connectivity index (χ2n) is 5.71. The van der Waals surface area contributed by atoms with Gasteiger partial charge >= 0.3 is 0 Å². The summed E-state index contributed by atoms with van der Waals surface area (Å²) in [6.45, 7) is 2.23. The van der Waals surface area contributed by atoms with Crippen molar-refractivity contribution in [2.75, 3.05) is 7.05 Å². The van der Waals surface area contributed by atoms with E-state index in [9.17, 15) is 8.42 Å². The summed E-state index contributed by atoms with van der Waals surface area (Å²) in [5.41, 5.74) is 0.930. The third kappa shape index (κ3) is 3.35. The van der Waals surface area contributed by atoms with Crippen molar-refractivity contribution in [2.45, 2.75) is 49.4 Å². The largest absolute Gasteiger partial charge is 0.243 e. The van der Waals surface area contributed by atoms with Gasteiger partial charge in [-0.15, -0.1) is 11.6 Å². The van der Waals surface area contributed by atoms with E-state index >= 15 is 0 Å². The van der Waals surface area contributed by atoms with E-state index in [0.29, 0.717) is 16.7 Å². The van der Waals surface area contributed by atoms with Gasteiger partial charge in [-0.05, 0) is 49.3 Å². The van der Waals surface area contributed by atoms with Crippen LogP contribution in [-0.2, 0) is 15.9 Å². The summed E-state index contributed by atoms with van der Waals surface area (Å²) < 4.78 is 26.8. The van der Waals surface area contributed by atoms with Gasteiger partial charge in [-0.1, -0.05) is 19.1 Å². The first kappa shape index (κ1) is 15.8. The molecule has 5 heteroatoms. The maximum Gasteiger partial charge on any atom is 0.243 e. The van der Waals surface area contributed by atoms with E-state index in [1.807, 2.05) is 0 Å². The van der Waals surface area contributed by atoms with Gasteiger partial charge < -0.3 is 0 Å². The lowest BCUT2D eigenvalue weighted by Crippen LogP contribution is -2.39. The SMILES string of the molecule is CC1CCC(N(C)S(=O)(=O)c2ccc(CCl)cc2)CC1. The molecule has 1 aliphatic rings. The summed E-state index contributed by atoms with van der Waals surface area (Å²) in [5.74, 6) is 1.11. The lowest BCUT2D eigenvalue weighted by Gasteiger charge is -2.32. The first-order valence-electron chi connectivity index (χ1n) is 7.08. The fourth-order valence-corrected chi connectivity index (χ4v) is 4.31. The Balaban J connectivity index is 2.16. The second kappa shape index (κ2) is 6.46. The van der Waals surface area contributed by atoms with Crippen LogP contribution in [0.1, 0.15) is 38.2 Å². The Morgan fingerprint density at radius 3 is 2.20 bits per heavy atom.